The summed E-state index contributed by atoms with van der Waals surface area (Å²) in [7, 11) is 0. The normalized spacial score (nSPS) is 41.2. The number of hydrogen-bond acceptors (Lipinski definition) is 4. The first-order valence-corrected chi connectivity index (χ1v) is 5.83. The average Bonchev–Trinajstić information content (AvgIpc) is 2.77. The first-order valence-electron chi connectivity index (χ1n) is 5.83. The third kappa shape index (κ3) is 1.30. The van der Waals surface area contributed by atoms with Gasteiger partial charge in [-0.1, -0.05) is 0 Å². The summed E-state index contributed by atoms with van der Waals surface area (Å²) < 4.78 is 5.90. The highest BCUT2D eigenvalue weighted by Crippen LogP contribution is 2.45. The molecule has 88 valence electrons. The van der Waals surface area contributed by atoms with Crippen LogP contribution in [0.5, 0.6) is 0 Å². The zero-order chi connectivity index (χ0) is 11.4. The molecule has 1 heterocycles. The summed E-state index contributed by atoms with van der Waals surface area (Å²) in [6, 6.07) is 0. The molecule has 16 heavy (non-hydrogen) atoms. The molecule has 2 aliphatic carbocycles. The number of rotatable bonds is 0. The molecule has 0 unspecified atom stereocenters. The first kappa shape index (κ1) is 10.4. The summed E-state index contributed by atoms with van der Waals surface area (Å²) in [6.45, 7) is 3.62. The van der Waals surface area contributed by atoms with Crippen molar-refractivity contribution in [2.24, 2.45) is 0 Å². The molecule has 2 atom stereocenters. The fraction of sp³-hybridized carbons (Fsp3) is 0.750. The van der Waals surface area contributed by atoms with Gasteiger partial charge in [-0.25, -0.2) is 9.78 Å². The van der Waals surface area contributed by atoms with Crippen molar-refractivity contribution >= 4 is 5.78 Å². The third-order valence-electron chi connectivity index (χ3n) is 3.72. The van der Waals surface area contributed by atoms with Crippen LogP contribution in [0, 0.1) is 0 Å². The van der Waals surface area contributed by atoms with E-state index in [0.717, 1.165) is 25.7 Å². The van der Waals surface area contributed by atoms with E-state index >= 15 is 0 Å². The molecule has 4 heteroatoms. The van der Waals surface area contributed by atoms with Crippen LogP contribution in [0.15, 0.2) is 11.6 Å². The van der Waals surface area contributed by atoms with Crippen molar-refractivity contribution < 1.29 is 19.3 Å². The molecule has 0 amide bonds. The molecule has 2 fully saturated rings. The van der Waals surface area contributed by atoms with Crippen LogP contribution >= 0.6 is 0 Å². The van der Waals surface area contributed by atoms with Crippen LogP contribution in [0.4, 0.5) is 0 Å². The molecule has 0 N–H and O–H groups in total. The molecule has 0 aromatic heterocycles. The summed E-state index contributed by atoms with van der Waals surface area (Å²) in [4.78, 5) is 22.8. The van der Waals surface area contributed by atoms with Crippen LogP contribution in [0.3, 0.4) is 0 Å². The molecule has 0 bridgehead atoms. The number of Topliss-reactive ketones (excluding diaryl/α,β-unsaturated/α-hetero) is 1. The number of ketones is 1. The Morgan fingerprint density at radius 2 is 2.00 bits per heavy atom. The second-order valence-corrected chi connectivity index (χ2v) is 5.16. The van der Waals surface area contributed by atoms with Crippen molar-refractivity contribution in [2.45, 2.75) is 57.0 Å². The van der Waals surface area contributed by atoms with Gasteiger partial charge in [0.25, 0.3) is 0 Å². The number of fused-ring (bicyclic) bond motifs is 1. The Hall–Kier alpha value is -0.710. The van der Waals surface area contributed by atoms with Gasteiger partial charge in [0.05, 0.1) is 0 Å². The monoisotopic (exact) mass is 224 g/mol. The zero-order valence-electron chi connectivity index (χ0n) is 9.62. The van der Waals surface area contributed by atoms with E-state index in [4.69, 9.17) is 14.5 Å². The number of carbonyl (C=O) groups is 1. The second-order valence-electron chi connectivity index (χ2n) is 5.16. The van der Waals surface area contributed by atoms with Crippen LogP contribution in [0.1, 0.15) is 39.5 Å². The molecular weight excluding hydrogens is 208 g/mol. The van der Waals surface area contributed by atoms with Crippen LogP contribution < -0.4 is 0 Å². The molecule has 3 rings (SSSR count). The minimum atomic E-state index is -0.741. The lowest BCUT2D eigenvalue weighted by molar-refractivity contribution is -0.508. The molecule has 3 aliphatic rings. The molecule has 1 aliphatic heterocycles. The van der Waals surface area contributed by atoms with Crippen molar-refractivity contribution in [1.29, 1.82) is 0 Å². The number of carbonyl (C=O) groups excluding carboxylic acids is 1. The molecule has 1 spiro atoms. The topological polar surface area (TPSA) is 44.8 Å². The SMILES string of the molecule is CC1=C[C@]2(C)OOC3(CCCC3)O[C@@H]2C1=O. The Balaban J connectivity index is 1.88. The van der Waals surface area contributed by atoms with Crippen LogP contribution in [0.25, 0.3) is 0 Å². The van der Waals surface area contributed by atoms with Crippen molar-refractivity contribution in [3.63, 3.8) is 0 Å². The Labute approximate surface area is 94.5 Å². The van der Waals surface area contributed by atoms with Crippen LogP contribution in [-0.4, -0.2) is 23.3 Å². The lowest BCUT2D eigenvalue weighted by Crippen LogP contribution is -2.55. The van der Waals surface area contributed by atoms with E-state index < -0.39 is 17.5 Å². The van der Waals surface area contributed by atoms with Gasteiger partial charge >= 0.3 is 0 Å². The maximum Gasteiger partial charge on any atom is 0.202 e. The molecule has 0 radical (unpaired) electrons. The van der Waals surface area contributed by atoms with Gasteiger partial charge in [0.15, 0.2) is 17.5 Å². The van der Waals surface area contributed by atoms with Crippen molar-refractivity contribution in [2.75, 3.05) is 0 Å². The Morgan fingerprint density at radius 3 is 2.69 bits per heavy atom. The number of ether oxygens (including phenoxy) is 1. The average molecular weight is 224 g/mol. The lowest BCUT2D eigenvalue weighted by atomic mass is 10.0. The van der Waals surface area contributed by atoms with E-state index in [1.165, 1.54) is 0 Å². The summed E-state index contributed by atoms with van der Waals surface area (Å²) in [5.74, 6) is -0.643. The molecule has 0 aromatic rings. The van der Waals surface area contributed by atoms with E-state index in [2.05, 4.69) is 0 Å². The van der Waals surface area contributed by atoms with Gasteiger partial charge in [0, 0.05) is 12.8 Å². The van der Waals surface area contributed by atoms with Crippen molar-refractivity contribution in [3.05, 3.63) is 11.6 Å². The highest BCUT2D eigenvalue weighted by atomic mass is 17.2. The van der Waals surface area contributed by atoms with Crippen molar-refractivity contribution in [1.82, 2.24) is 0 Å². The van der Waals surface area contributed by atoms with Crippen LogP contribution in [-0.2, 0) is 19.3 Å². The largest absolute Gasteiger partial charge is 0.332 e. The van der Waals surface area contributed by atoms with Gasteiger partial charge in [-0.3, -0.25) is 4.79 Å². The highest BCUT2D eigenvalue weighted by Gasteiger charge is 2.56. The Kier molecular flexibility index (Phi) is 2.06. The quantitative estimate of drug-likeness (QED) is 0.589. The minimum absolute atomic E-state index is 0.0251. The predicted molar refractivity (Wildman–Crippen MR) is 55.4 cm³/mol. The standard InChI is InChI=1S/C12H16O4/c1-8-7-11(2)10(9(8)13)14-12(16-15-11)5-3-4-6-12/h7,10H,3-6H2,1-2H3/t10-,11+/m1/s1. The lowest BCUT2D eigenvalue weighted by Gasteiger charge is -2.42. The minimum Gasteiger partial charge on any atom is -0.332 e. The molecular formula is C12H16O4. The first-order chi connectivity index (χ1) is 7.55. The maximum atomic E-state index is 12.0. The fourth-order valence-electron chi connectivity index (χ4n) is 2.80. The van der Waals surface area contributed by atoms with E-state index in [-0.39, 0.29) is 5.78 Å². The second kappa shape index (κ2) is 3.15. The van der Waals surface area contributed by atoms with E-state index in [0.29, 0.717) is 5.57 Å². The van der Waals surface area contributed by atoms with Gasteiger partial charge < -0.3 is 4.74 Å². The maximum absolute atomic E-state index is 12.0. The van der Waals surface area contributed by atoms with Crippen LogP contribution in [0.2, 0.25) is 0 Å². The molecule has 4 nitrogen and oxygen atoms in total. The van der Waals surface area contributed by atoms with Gasteiger partial charge in [-0.05, 0) is 38.3 Å². The van der Waals surface area contributed by atoms with E-state index in [9.17, 15) is 4.79 Å². The van der Waals surface area contributed by atoms with Crippen molar-refractivity contribution in [3.8, 4) is 0 Å². The fourth-order valence-corrected chi connectivity index (χ4v) is 2.80. The van der Waals surface area contributed by atoms with Gasteiger partial charge in [0.1, 0.15) is 0 Å². The predicted octanol–water partition coefficient (Wildman–Crippen LogP) is 1.89. The van der Waals surface area contributed by atoms with Gasteiger partial charge in [-0.2, -0.15) is 0 Å². The smallest absolute Gasteiger partial charge is 0.202 e. The van der Waals surface area contributed by atoms with E-state index in [1.807, 2.05) is 6.92 Å². The summed E-state index contributed by atoms with van der Waals surface area (Å²) in [5.41, 5.74) is -0.0409. The van der Waals surface area contributed by atoms with E-state index in [1.54, 1.807) is 13.0 Å². The molecule has 1 saturated heterocycles. The van der Waals surface area contributed by atoms with Gasteiger partial charge in [0.2, 0.25) is 5.79 Å². The third-order valence-corrected chi connectivity index (χ3v) is 3.72. The Bertz CT molecular complexity index is 367. The molecule has 0 aromatic carbocycles. The highest BCUT2D eigenvalue weighted by molar-refractivity contribution is 6.02. The summed E-state index contributed by atoms with van der Waals surface area (Å²) in [6.07, 6.45) is 5.01. The van der Waals surface area contributed by atoms with Gasteiger partial charge in [-0.15, -0.1) is 0 Å². The zero-order valence-corrected chi connectivity index (χ0v) is 9.62. The summed E-state index contributed by atoms with van der Waals surface area (Å²) >= 11 is 0. The summed E-state index contributed by atoms with van der Waals surface area (Å²) in [5, 5.41) is 0. The number of hydrogen-bond donors (Lipinski definition) is 0. The Morgan fingerprint density at radius 1 is 1.31 bits per heavy atom. The molecule has 1 saturated carbocycles.